The van der Waals surface area contributed by atoms with Crippen LogP contribution < -0.4 is 0 Å². The van der Waals surface area contributed by atoms with Crippen molar-refractivity contribution in [1.82, 2.24) is 9.80 Å². The van der Waals surface area contributed by atoms with Gasteiger partial charge in [-0.15, -0.1) is 0 Å². The summed E-state index contributed by atoms with van der Waals surface area (Å²) in [5, 5.41) is 11.1. The van der Waals surface area contributed by atoms with Crippen LogP contribution in [0.1, 0.15) is 85.0 Å². The lowest BCUT2D eigenvalue weighted by molar-refractivity contribution is -0.0458. The van der Waals surface area contributed by atoms with Crippen molar-refractivity contribution < 1.29 is 22.7 Å². The molecule has 0 aromatic rings. The van der Waals surface area contributed by atoms with E-state index in [0.717, 1.165) is 49.7 Å². The van der Waals surface area contributed by atoms with Gasteiger partial charge in [-0.2, -0.15) is 0 Å². The highest BCUT2D eigenvalue weighted by molar-refractivity contribution is 5.30. The minimum absolute atomic E-state index is 0.109. The zero-order chi connectivity index (χ0) is 26.5. The fraction of sp³-hybridized carbons (Fsp3) is 0.800. The Hall–Kier alpha value is -1.34. The molecule has 7 atom stereocenters. The maximum atomic E-state index is 15.2. The summed E-state index contributed by atoms with van der Waals surface area (Å²) in [7, 11) is 0. The molecule has 1 N–H and O–H groups in total. The number of piperidine rings is 1. The van der Waals surface area contributed by atoms with E-state index in [9.17, 15) is 9.50 Å². The lowest BCUT2D eigenvalue weighted by Crippen LogP contribution is -2.53. The Kier molecular flexibility index (Phi) is 7.86. The summed E-state index contributed by atoms with van der Waals surface area (Å²) in [6.07, 6.45) is 4.91. The lowest BCUT2D eigenvalue weighted by Gasteiger charge is -2.51. The Labute approximate surface area is 219 Å². The molecule has 5 rings (SSSR count). The first-order chi connectivity index (χ1) is 17.5. The van der Waals surface area contributed by atoms with Crippen LogP contribution >= 0.6 is 0 Å². The van der Waals surface area contributed by atoms with E-state index in [2.05, 4.69) is 25.7 Å². The second kappa shape index (κ2) is 10.7. The standard InChI is InChI=1S/C30H44F4N2O/c1-30(2,3)35-13-11-18(12-14-35)19-15-23(21-8-7-20(31)17-26(21)34)22-9-10-28(37)36(27(22)16-19)29-24(32)5-4-6-25(29)33/h5,17-21,23,25,28-29,37H,4,6-16H2,1-3H3. The summed E-state index contributed by atoms with van der Waals surface area (Å²) >= 11 is 0. The molecule has 0 aromatic carbocycles. The molecule has 3 aliphatic carbocycles. The number of likely N-dealkylation sites (tertiary alicyclic amines) is 1. The average molecular weight is 525 g/mol. The molecule has 0 amide bonds. The fourth-order valence-electron chi connectivity index (χ4n) is 7.90. The molecule has 37 heavy (non-hydrogen) atoms. The second-order valence-electron chi connectivity index (χ2n) is 13.1. The molecule has 0 radical (unpaired) electrons. The van der Waals surface area contributed by atoms with E-state index >= 15 is 13.2 Å². The van der Waals surface area contributed by atoms with E-state index in [4.69, 9.17) is 0 Å². The van der Waals surface area contributed by atoms with Crippen molar-refractivity contribution in [1.29, 1.82) is 0 Å². The normalized spacial score (nSPS) is 38.8. The van der Waals surface area contributed by atoms with Crippen molar-refractivity contribution in [3.63, 3.8) is 0 Å². The largest absolute Gasteiger partial charge is 0.374 e. The molecule has 1 saturated heterocycles. The molecule has 5 aliphatic rings. The Morgan fingerprint density at radius 3 is 2.27 bits per heavy atom. The number of aliphatic hydroxyl groups excluding tert-OH is 1. The third-order valence-electron chi connectivity index (χ3n) is 9.93. The van der Waals surface area contributed by atoms with Crippen LogP contribution in [0.2, 0.25) is 0 Å². The van der Waals surface area contributed by atoms with Crippen molar-refractivity contribution in [3.05, 3.63) is 35.1 Å². The van der Waals surface area contributed by atoms with Crippen molar-refractivity contribution in [2.45, 2.75) is 115 Å². The van der Waals surface area contributed by atoms with Crippen LogP contribution in [0.5, 0.6) is 0 Å². The zero-order valence-electron chi connectivity index (χ0n) is 22.6. The van der Waals surface area contributed by atoms with Gasteiger partial charge in [0.2, 0.25) is 0 Å². The number of aliphatic hydroxyl groups is 1. The quantitative estimate of drug-likeness (QED) is 0.397. The maximum absolute atomic E-state index is 15.2. The SMILES string of the molecule is CC(C)(C)N1CCC(C2CC3=C(CCC(O)N3C3C(F)=CCCC3F)C(C3CCC(F)C=C3F)C2)CC1. The maximum Gasteiger partial charge on any atom is 0.127 e. The van der Waals surface area contributed by atoms with Gasteiger partial charge in [0, 0.05) is 17.2 Å². The van der Waals surface area contributed by atoms with Crippen molar-refractivity contribution >= 4 is 0 Å². The van der Waals surface area contributed by atoms with E-state index in [-0.39, 0.29) is 35.5 Å². The van der Waals surface area contributed by atoms with E-state index in [0.29, 0.717) is 44.4 Å². The molecule has 0 aromatic heterocycles. The van der Waals surface area contributed by atoms with Gasteiger partial charge >= 0.3 is 0 Å². The van der Waals surface area contributed by atoms with E-state index in [1.165, 1.54) is 6.08 Å². The van der Waals surface area contributed by atoms with Crippen LogP contribution in [0.4, 0.5) is 17.6 Å². The predicted molar refractivity (Wildman–Crippen MR) is 138 cm³/mol. The van der Waals surface area contributed by atoms with Gasteiger partial charge in [0.1, 0.15) is 36.3 Å². The number of rotatable bonds is 3. The van der Waals surface area contributed by atoms with Crippen LogP contribution in [0.15, 0.2) is 35.1 Å². The summed E-state index contributed by atoms with van der Waals surface area (Å²) in [5.74, 6) is -0.686. The number of alkyl halides is 2. The molecule has 7 unspecified atom stereocenters. The van der Waals surface area contributed by atoms with Gasteiger partial charge in [-0.1, -0.05) is 6.08 Å². The molecule has 208 valence electrons. The molecule has 3 nitrogen and oxygen atoms in total. The Balaban J connectivity index is 1.49. The summed E-state index contributed by atoms with van der Waals surface area (Å²) in [4.78, 5) is 4.13. The first-order valence-corrected chi connectivity index (χ1v) is 14.5. The second-order valence-corrected chi connectivity index (χ2v) is 13.1. The number of hydrogen-bond acceptors (Lipinski definition) is 3. The molecule has 0 bridgehead atoms. The number of nitrogens with zero attached hydrogens (tertiary/aromatic N) is 2. The van der Waals surface area contributed by atoms with Crippen LogP contribution in [-0.2, 0) is 0 Å². The third kappa shape index (κ3) is 5.41. The molecule has 2 aliphatic heterocycles. The first-order valence-electron chi connectivity index (χ1n) is 14.5. The average Bonchev–Trinajstić information content (AvgIpc) is 2.84. The number of hydrogen-bond donors (Lipinski definition) is 1. The van der Waals surface area contributed by atoms with E-state index in [1.807, 2.05) is 0 Å². The first kappa shape index (κ1) is 27.2. The molecule has 0 saturated carbocycles. The highest BCUT2D eigenvalue weighted by Crippen LogP contribution is 2.52. The smallest absolute Gasteiger partial charge is 0.127 e. The minimum Gasteiger partial charge on any atom is -0.374 e. The topological polar surface area (TPSA) is 26.7 Å². The summed E-state index contributed by atoms with van der Waals surface area (Å²) in [5.41, 5.74) is 2.00. The van der Waals surface area contributed by atoms with Gasteiger partial charge in [0.05, 0.1) is 0 Å². The summed E-state index contributed by atoms with van der Waals surface area (Å²) in [6, 6.07) is -1.11. The highest BCUT2D eigenvalue weighted by Gasteiger charge is 2.47. The van der Waals surface area contributed by atoms with Gasteiger partial charge in [-0.3, -0.25) is 4.90 Å². The number of allylic oxidation sites excluding steroid dienone is 5. The molecular formula is C30H44F4N2O. The van der Waals surface area contributed by atoms with Crippen LogP contribution in [-0.4, -0.2) is 58.1 Å². The Morgan fingerprint density at radius 2 is 1.62 bits per heavy atom. The summed E-state index contributed by atoms with van der Waals surface area (Å²) in [6.45, 7) is 8.71. The predicted octanol–water partition coefficient (Wildman–Crippen LogP) is 7.15. The Morgan fingerprint density at radius 1 is 0.892 bits per heavy atom. The molecule has 7 heteroatoms. The van der Waals surface area contributed by atoms with Crippen molar-refractivity contribution in [2.24, 2.45) is 23.7 Å². The van der Waals surface area contributed by atoms with Gasteiger partial charge in [0.25, 0.3) is 0 Å². The third-order valence-corrected chi connectivity index (χ3v) is 9.93. The molecular weight excluding hydrogens is 480 g/mol. The lowest BCUT2D eigenvalue weighted by atomic mass is 9.64. The van der Waals surface area contributed by atoms with Crippen molar-refractivity contribution in [3.8, 4) is 0 Å². The van der Waals surface area contributed by atoms with Gasteiger partial charge in [-0.25, -0.2) is 17.6 Å². The van der Waals surface area contributed by atoms with Crippen LogP contribution in [0.3, 0.4) is 0 Å². The molecule has 0 spiro atoms. The van der Waals surface area contributed by atoms with Crippen LogP contribution in [0.25, 0.3) is 0 Å². The van der Waals surface area contributed by atoms with Gasteiger partial charge in [0.15, 0.2) is 0 Å². The van der Waals surface area contributed by atoms with Crippen molar-refractivity contribution in [2.75, 3.05) is 13.1 Å². The summed E-state index contributed by atoms with van der Waals surface area (Å²) < 4.78 is 59.5. The van der Waals surface area contributed by atoms with Gasteiger partial charge < -0.3 is 10.0 Å². The highest BCUT2D eigenvalue weighted by atomic mass is 19.2. The number of halogens is 4. The fourth-order valence-corrected chi connectivity index (χ4v) is 7.90. The van der Waals surface area contributed by atoms with Crippen LogP contribution in [0, 0.1) is 23.7 Å². The van der Waals surface area contributed by atoms with E-state index in [1.54, 1.807) is 4.90 Å². The zero-order valence-corrected chi connectivity index (χ0v) is 22.6. The Bertz CT molecular complexity index is 932. The molecule has 2 heterocycles. The minimum atomic E-state index is -1.39. The monoisotopic (exact) mass is 524 g/mol. The van der Waals surface area contributed by atoms with Gasteiger partial charge in [-0.05, 0) is 127 Å². The molecule has 1 fully saturated rings. The van der Waals surface area contributed by atoms with E-state index < -0.39 is 30.4 Å².